The second-order valence-electron chi connectivity index (χ2n) is 21.9. The Morgan fingerprint density at radius 1 is 0.805 bits per heavy atom. The monoisotopic (exact) mass is 1140 g/mol. The number of rotatable bonds is 26. The maximum atomic E-state index is 15.3. The number of amides is 7. The smallest absolute Gasteiger partial charge is 0.343 e. The number of unbranched alkanes of at least 4 members (excludes halogenated alkanes) is 4. The molecule has 1 aromatic carbocycles. The lowest BCUT2D eigenvalue weighted by molar-refractivity contribution is -0.172. The molecule has 2 aromatic heterocycles. The molecule has 3 atom stereocenters. The van der Waals surface area contributed by atoms with Crippen molar-refractivity contribution in [3.8, 4) is 11.4 Å². The molecule has 7 N–H and O–H groups in total. The largest absolute Gasteiger partial charge is 0.460 e. The molecular formula is C57H70FN9O15. The van der Waals surface area contributed by atoms with Gasteiger partial charge in [0.15, 0.2) is 17.2 Å². The number of aryl methyl sites for hydroxylation is 1. The van der Waals surface area contributed by atoms with Crippen molar-refractivity contribution in [2.75, 3.05) is 39.3 Å². The SMILES string of the molecule is CC[C@@]1(O)C(=O)OCc2c1cc1n(c2=O)Cc2c-1nc1cc(F)c(C)c3c1c2[C@@H](NC(=O)CCCCCC(=O)CNC(=O)CNC(=O)CNC(=O)CNC(=O)[C@H](CC(=O)OC(C)(C)C)NC(=O)CCCCCN1CC(=O)C=CC1=O)CC3. The van der Waals surface area contributed by atoms with E-state index in [0.717, 1.165) is 11.1 Å². The first-order valence-corrected chi connectivity index (χ1v) is 27.6. The summed E-state index contributed by atoms with van der Waals surface area (Å²) in [6, 6.07) is 1.02. The Bertz CT molecular complexity index is 3200. The molecule has 5 heterocycles. The summed E-state index contributed by atoms with van der Waals surface area (Å²) in [4.78, 5) is 159. The third-order valence-corrected chi connectivity index (χ3v) is 14.7. The van der Waals surface area contributed by atoms with Crippen LogP contribution < -0.4 is 37.5 Å². The van der Waals surface area contributed by atoms with Gasteiger partial charge in [-0.2, -0.15) is 0 Å². The number of benzene rings is 1. The van der Waals surface area contributed by atoms with Crippen LogP contribution in [0.1, 0.15) is 144 Å². The van der Waals surface area contributed by atoms with E-state index in [-0.39, 0.29) is 86.4 Å². The third-order valence-electron chi connectivity index (χ3n) is 14.7. The van der Waals surface area contributed by atoms with Gasteiger partial charge in [-0.15, -0.1) is 0 Å². The Labute approximate surface area is 471 Å². The highest BCUT2D eigenvalue weighted by Gasteiger charge is 2.46. The van der Waals surface area contributed by atoms with Crippen LogP contribution in [0.15, 0.2) is 29.1 Å². The molecule has 0 saturated carbocycles. The quantitative estimate of drug-likeness (QED) is 0.0345. The molecule has 7 amide bonds. The summed E-state index contributed by atoms with van der Waals surface area (Å²) < 4.78 is 27.4. The van der Waals surface area contributed by atoms with E-state index in [0.29, 0.717) is 91.3 Å². The van der Waals surface area contributed by atoms with Crippen molar-refractivity contribution in [1.29, 1.82) is 0 Å². The standard InChI is InChI=1S/C57H70FN9O15/c1-6-57(80)37-21-42-52-35(29-67(42)54(78)36(37)30-81-55(57)79)51-39(18-17-34-31(2)38(58)22-40(65-52)50(34)51)63-43(70)14-10-7-9-13-32(68)24-59-45(72)25-60-46(73)26-61-47(74)27-62-53(77)41(23-49(76)82-56(3,4)5)64-44(71)15-11-8-12-20-66-28-33(69)16-19-48(66)75/h16,19,21-22,39,41,80H,6-15,17-18,20,23-30H2,1-5H3,(H,59,72)(H,60,73)(H,61,74)(H,62,77)(H,63,70)(H,64,71)/t39-,41-,57-/m0/s1. The van der Waals surface area contributed by atoms with E-state index >= 15 is 4.39 Å². The number of hydrogen-bond donors (Lipinski definition) is 7. The van der Waals surface area contributed by atoms with Gasteiger partial charge in [0.05, 0.1) is 74.2 Å². The third kappa shape index (κ3) is 15.0. The number of aliphatic hydroxyl groups is 1. The van der Waals surface area contributed by atoms with Crippen LogP contribution in [0.3, 0.4) is 0 Å². The van der Waals surface area contributed by atoms with Crippen LogP contribution in [0.2, 0.25) is 0 Å². The van der Waals surface area contributed by atoms with Crippen molar-refractivity contribution >= 4 is 75.8 Å². The molecule has 3 aliphatic heterocycles. The fourth-order valence-electron chi connectivity index (χ4n) is 10.4. The molecule has 4 aliphatic rings. The first-order valence-electron chi connectivity index (χ1n) is 27.6. The molecule has 3 aromatic rings. The van der Waals surface area contributed by atoms with E-state index < -0.39 is 102 Å². The number of aromatic nitrogens is 2. The second kappa shape index (κ2) is 26.6. The second-order valence-corrected chi connectivity index (χ2v) is 21.9. The lowest BCUT2D eigenvalue weighted by atomic mass is 9.81. The number of esters is 2. The summed E-state index contributed by atoms with van der Waals surface area (Å²) in [5.41, 5.74) is 0.689. The van der Waals surface area contributed by atoms with E-state index in [9.17, 15) is 62.6 Å². The number of nitrogens with one attached hydrogen (secondary N) is 6. The number of carbonyl (C=O) groups excluding carboxylic acids is 11. The van der Waals surface area contributed by atoms with Gasteiger partial charge in [-0.25, -0.2) is 14.2 Å². The summed E-state index contributed by atoms with van der Waals surface area (Å²) in [5.74, 6) is -6.72. The summed E-state index contributed by atoms with van der Waals surface area (Å²) >= 11 is 0. The van der Waals surface area contributed by atoms with Crippen molar-refractivity contribution in [1.82, 2.24) is 46.4 Å². The molecule has 0 radical (unpaired) electrons. The van der Waals surface area contributed by atoms with E-state index in [1.54, 1.807) is 40.7 Å². The minimum Gasteiger partial charge on any atom is -0.460 e. The van der Waals surface area contributed by atoms with E-state index in [1.807, 2.05) is 0 Å². The molecule has 1 aliphatic carbocycles. The van der Waals surface area contributed by atoms with Gasteiger partial charge >= 0.3 is 11.9 Å². The number of ether oxygens (including phenoxy) is 2. The zero-order chi connectivity index (χ0) is 59.6. The van der Waals surface area contributed by atoms with Crippen molar-refractivity contribution < 1.29 is 71.7 Å². The Morgan fingerprint density at radius 2 is 1.45 bits per heavy atom. The van der Waals surface area contributed by atoms with Gasteiger partial charge < -0.3 is 55.9 Å². The molecule has 0 fully saturated rings. The summed E-state index contributed by atoms with van der Waals surface area (Å²) in [6.45, 7) is 6.27. The lowest BCUT2D eigenvalue weighted by Crippen LogP contribution is -2.51. The number of halogens is 1. The predicted octanol–water partition coefficient (Wildman–Crippen LogP) is 1.36. The molecule has 440 valence electrons. The summed E-state index contributed by atoms with van der Waals surface area (Å²) in [7, 11) is 0. The van der Waals surface area contributed by atoms with Crippen LogP contribution in [0.25, 0.3) is 22.3 Å². The average molecular weight is 1140 g/mol. The van der Waals surface area contributed by atoms with E-state index in [4.69, 9.17) is 14.5 Å². The Morgan fingerprint density at radius 3 is 2.13 bits per heavy atom. The highest BCUT2D eigenvalue weighted by molar-refractivity contribution is 6.04. The maximum Gasteiger partial charge on any atom is 0.343 e. The van der Waals surface area contributed by atoms with Crippen molar-refractivity contribution in [3.63, 3.8) is 0 Å². The van der Waals surface area contributed by atoms with E-state index in [2.05, 4.69) is 31.9 Å². The summed E-state index contributed by atoms with van der Waals surface area (Å²) in [6.07, 6.45) is 5.80. The van der Waals surface area contributed by atoms with Crippen molar-refractivity contribution in [2.24, 2.45) is 0 Å². The number of ketones is 2. The van der Waals surface area contributed by atoms with Crippen molar-refractivity contribution in [2.45, 2.75) is 155 Å². The molecule has 0 spiro atoms. The Kier molecular flexibility index (Phi) is 19.9. The maximum absolute atomic E-state index is 15.3. The fraction of sp³-hybridized carbons (Fsp3) is 0.526. The van der Waals surface area contributed by atoms with Crippen LogP contribution >= 0.6 is 0 Å². The highest BCUT2D eigenvalue weighted by Crippen LogP contribution is 2.46. The number of fused-ring (bicyclic) bond motifs is 5. The normalized spacial score (nSPS) is 17.2. The van der Waals surface area contributed by atoms with Crippen molar-refractivity contribution in [3.05, 3.63) is 73.8 Å². The fourth-order valence-corrected chi connectivity index (χ4v) is 10.4. The molecule has 25 heteroatoms. The lowest BCUT2D eigenvalue weighted by Gasteiger charge is -2.31. The van der Waals surface area contributed by atoms with Crippen LogP contribution in [0.5, 0.6) is 0 Å². The van der Waals surface area contributed by atoms with Gasteiger partial charge in [0.1, 0.15) is 24.1 Å². The van der Waals surface area contributed by atoms with Gasteiger partial charge in [-0.1, -0.05) is 19.8 Å². The summed E-state index contributed by atoms with van der Waals surface area (Å²) in [5, 5.41) is 27.1. The number of hydrogen-bond acceptors (Lipinski definition) is 16. The molecule has 0 saturated heterocycles. The number of pyridine rings is 2. The van der Waals surface area contributed by atoms with Gasteiger partial charge in [0.25, 0.3) is 5.56 Å². The molecular weight excluding hydrogens is 1070 g/mol. The molecule has 24 nitrogen and oxygen atoms in total. The number of nitrogens with zero attached hydrogens (tertiary/aromatic N) is 3. The van der Waals surface area contributed by atoms with E-state index in [1.165, 1.54) is 27.7 Å². The zero-order valence-electron chi connectivity index (χ0n) is 46.7. The molecule has 7 rings (SSSR count). The first-order chi connectivity index (χ1) is 38.9. The van der Waals surface area contributed by atoms with Gasteiger partial charge in [0.2, 0.25) is 41.4 Å². The Hall–Kier alpha value is -8.22. The van der Waals surface area contributed by atoms with Crippen LogP contribution in [0.4, 0.5) is 4.39 Å². The minimum absolute atomic E-state index is 0.00934. The predicted molar refractivity (Wildman–Crippen MR) is 290 cm³/mol. The highest BCUT2D eigenvalue weighted by atomic mass is 19.1. The Balaban J connectivity index is 0.795. The molecule has 0 unspecified atom stereocenters. The van der Waals surface area contributed by atoms with Crippen LogP contribution in [-0.4, -0.2) is 135 Å². The average Bonchev–Trinajstić information content (AvgIpc) is 1.72. The number of carbonyl (C=O) groups is 11. The van der Waals surface area contributed by atoms with Gasteiger partial charge in [-0.05, 0) is 101 Å². The van der Waals surface area contributed by atoms with Gasteiger partial charge in [-0.3, -0.25) is 52.7 Å². The topological polar surface area (TPSA) is 337 Å². The van der Waals surface area contributed by atoms with Crippen LogP contribution in [-0.2, 0) is 87.4 Å². The zero-order valence-corrected chi connectivity index (χ0v) is 46.7. The van der Waals surface area contributed by atoms with Crippen LogP contribution in [0, 0.1) is 12.7 Å². The molecule has 0 bridgehead atoms. The number of cyclic esters (lactones) is 1. The number of Topliss-reactive ketones (excluding diaryl/α,β-unsaturated/α-hetero) is 1. The molecule has 82 heavy (non-hydrogen) atoms. The van der Waals surface area contributed by atoms with Gasteiger partial charge in [0, 0.05) is 54.5 Å². The minimum atomic E-state index is -2.03. The first kappa shape index (κ1) is 61.4.